The molecule has 1 aromatic carbocycles. The molecule has 0 spiro atoms. The molecule has 1 fully saturated rings. The molecular formula is C10H10N2O3. The number of phenolic OH excluding ortho intramolecular Hbond substituents is 1. The summed E-state index contributed by atoms with van der Waals surface area (Å²) in [4.78, 5) is 23.5. The van der Waals surface area contributed by atoms with Gasteiger partial charge in [-0.05, 0) is 24.6 Å². The molecule has 1 heterocycles. The Kier molecular flexibility index (Phi) is 2.07. The van der Waals surface area contributed by atoms with Crippen LogP contribution in [0.2, 0.25) is 0 Å². The van der Waals surface area contributed by atoms with E-state index in [1.807, 2.05) is 6.92 Å². The average Bonchev–Trinajstić information content (AvgIpc) is 2.50. The maximum absolute atomic E-state index is 11.3. The lowest BCUT2D eigenvalue weighted by Gasteiger charge is -2.15. The lowest BCUT2D eigenvalue weighted by molar-refractivity contribution is -0.117. The van der Waals surface area contributed by atoms with Crippen molar-refractivity contribution in [1.82, 2.24) is 5.32 Å². The normalized spacial score (nSPS) is 15.7. The Balaban J connectivity index is 2.41. The Hall–Kier alpha value is -2.04. The maximum atomic E-state index is 11.3. The molecule has 0 aromatic heterocycles. The Morgan fingerprint density at radius 2 is 2.13 bits per heavy atom. The van der Waals surface area contributed by atoms with E-state index in [9.17, 15) is 14.7 Å². The second kappa shape index (κ2) is 3.27. The van der Waals surface area contributed by atoms with Gasteiger partial charge < -0.3 is 5.11 Å². The number of nitrogens with one attached hydrogen (secondary N) is 1. The van der Waals surface area contributed by atoms with Gasteiger partial charge in [-0.3, -0.25) is 15.0 Å². The van der Waals surface area contributed by atoms with Gasteiger partial charge in [0.25, 0.3) is 0 Å². The first kappa shape index (κ1) is 9.51. The number of benzene rings is 1. The highest BCUT2D eigenvalue weighted by Crippen LogP contribution is 2.29. The molecule has 1 aliphatic rings. The van der Waals surface area contributed by atoms with Crippen LogP contribution in [0.1, 0.15) is 5.56 Å². The van der Waals surface area contributed by atoms with Crippen LogP contribution in [-0.2, 0) is 4.79 Å². The van der Waals surface area contributed by atoms with Crippen molar-refractivity contribution in [1.29, 1.82) is 0 Å². The molecule has 78 valence electrons. The summed E-state index contributed by atoms with van der Waals surface area (Å²) < 4.78 is 0. The second-order valence-corrected chi connectivity index (χ2v) is 3.43. The number of urea groups is 1. The summed E-state index contributed by atoms with van der Waals surface area (Å²) in [5.74, 6) is -0.369. The van der Waals surface area contributed by atoms with Crippen molar-refractivity contribution in [2.24, 2.45) is 0 Å². The van der Waals surface area contributed by atoms with Crippen LogP contribution >= 0.6 is 0 Å². The van der Waals surface area contributed by atoms with E-state index in [-0.39, 0.29) is 18.2 Å². The smallest absolute Gasteiger partial charge is 0.329 e. The number of carbonyl (C=O) groups excluding carboxylic acids is 2. The van der Waals surface area contributed by atoms with Gasteiger partial charge in [0.05, 0.1) is 5.69 Å². The van der Waals surface area contributed by atoms with Crippen molar-refractivity contribution in [3.63, 3.8) is 0 Å². The number of hydrogen-bond acceptors (Lipinski definition) is 3. The molecule has 0 aliphatic carbocycles. The first-order chi connectivity index (χ1) is 7.08. The van der Waals surface area contributed by atoms with Crippen LogP contribution in [0.25, 0.3) is 0 Å². The van der Waals surface area contributed by atoms with Crippen molar-refractivity contribution < 1.29 is 14.7 Å². The van der Waals surface area contributed by atoms with Crippen molar-refractivity contribution in [2.75, 3.05) is 11.4 Å². The van der Waals surface area contributed by atoms with E-state index in [0.29, 0.717) is 5.69 Å². The largest absolute Gasteiger partial charge is 0.506 e. The summed E-state index contributed by atoms with van der Waals surface area (Å²) >= 11 is 0. The predicted molar refractivity (Wildman–Crippen MR) is 53.7 cm³/mol. The third-order valence-electron chi connectivity index (χ3n) is 2.21. The van der Waals surface area contributed by atoms with Crippen LogP contribution in [0.5, 0.6) is 5.75 Å². The molecule has 0 unspecified atom stereocenters. The van der Waals surface area contributed by atoms with Crippen molar-refractivity contribution >= 4 is 17.6 Å². The zero-order valence-corrected chi connectivity index (χ0v) is 8.15. The minimum atomic E-state index is -0.499. The number of anilines is 1. The van der Waals surface area contributed by atoms with Gasteiger partial charge in [-0.2, -0.15) is 0 Å². The van der Waals surface area contributed by atoms with Gasteiger partial charge in [-0.25, -0.2) is 4.79 Å². The van der Waals surface area contributed by atoms with E-state index in [4.69, 9.17) is 0 Å². The van der Waals surface area contributed by atoms with Crippen molar-refractivity contribution in [3.05, 3.63) is 23.8 Å². The molecule has 0 bridgehead atoms. The summed E-state index contributed by atoms with van der Waals surface area (Å²) in [6.07, 6.45) is 0. The minimum absolute atomic E-state index is 0.00884. The number of phenols is 1. The quantitative estimate of drug-likeness (QED) is 0.666. The predicted octanol–water partition coefficient (Wildman–Crippen LogP) is 0.757. The molecule has 15 heavy (non-hydrogen) atoms. The summed E-state index contributed by atoms with van der Waals surface area (Å²) in [6.45, 7) is 1.80. The highest BCUT2D eigenvalue weighted by Gasteiger charge is 2.29. The van der Waals surface area contributed by atoms with Crippen molar-refractivity contribution in [2.45, 2.75) is 6.92 Å². The number of hydrogen-bond donors (Lipinski definition) is 2. The van der Waals surface area contributed by atoms with E-state index >= 15 is 0 Å². The van der Waals surface area contributed by atoms with Crippen molar-refractivity contribution in [3.8, 4) is 5.75 Å². The molecule has 0 radical (unpaired) electrons. The molecule has 1 aliphatic heterocycles. The highest BCUT2D eigenvalue weighted by molar-refractivity contribution is 6.12. The minimum Gasteiger partial charge on any atom is -0.506 e. The number of amides is 3. The third-order valence-corrected chi connectivity index (χ3v) is 2.21. The first-order valence-corrected chi connectivity index (χ1v) is 4.49. The van der Waals surface area contributed by atoms with E-state index < -0.39 is 6.03 Å². The Labute approximate surface area is 86.3 Å². The third kappa shape index (κ3) is 1.63. The lowest BCUT2D eigenvalue weighted by atomic mass is 10.2. The van der Waals surface area contributed by atoms with Crippen LogP contribution < -0.4 is 10.2 Å². The zero-order chi connectivity index (χ0) is 11.0. The first-order valence-electron chi connectivity index (χ1n) is 4.49. The summed E-state index contributed by atoms with van der Waals surface area (Å²) in [5, 5.41) is 11.7. The number of imide groups is 1. The molecule has 2 rings (SSSR count). The molecule has 1 aromatic rings. The van der Waals surface area contributed by atoms with Gasteiger partial charge in [-0.1, -0.05) is 6.07 Å². The zero-order valence-electron chi connectivity index (χ0n) is 8.15. The SMILES string of the molecule is Cc1ccc(O)c(N2CC(=O)NC2=O)c1. The summed E-state index contributed by atoms with van der Waals surface area (Å²) in [7, 11) is 0. The molecule has 5 heteroatoms. The lowest BCUT2D eigenvalue weighted by Crippen LogP contribution is -2.27. The molecule has 2 N–H and O–H groups in total. The van der Waals surface area contributed by atoms with Crippen LogP contribution in [0.15, 0.2) is 18.2 Å². The summed E-state index contributed by atoms with van der Waals surface area (Å²) in [6, 6.07) is 4.39. The van der Waals surface area contributed by atoms with Crippen LogP contribution in [-0.4, -0.2) is 23.6 Å². The molecule has 1 saturated heterocycles. The molecule has 5 nitrogen and oxygen atoms in total. The van der Waals surface area contributed by atoms with E-state index in [1.165, 1.54) is 11.0 Å². The topological polar surface area (TPSA) is 69.6 Å². The molecule has 0 saturated carbocycles. The maximum Gasteiger partial charge on any atom is 0.329 e. The van der Waals surface area contributed by atoms with Gasteiger partial charge in [0.2, 0.25) is 5.91 Å². The monoisotopic (exact) mass is 206 g/mol. The van der Waals surface area contributed by atoms with Gasteiger partial charge >= 0.3 is 6.03 Å². The van der Waals surface area contributed by atoms with Crippen LogP contribution in [0.3, 0.4) is 0 Å². The standard InChI is InChI=1S/C10H10N2O3/c1-6-2-3-8(13)7(4-6)12-5-9(14)11-10(12)15/h2-4,13H,5H2,1H3,(H,11,14,15). The van der Waals surface area contributed by atoms with E-state index in [2.05, 4.69) is 5.32 Å². The number of aromatic hydroxyl groups is 1. The fourth-order valence-corrected chi connectivity index (χ4v) is 1.49. The Morgan fingerprint density at radius 1 is 1.40 bits per heavy atom. The number of nitrogens with zero attached hydrogens (tertiary/aromatic N) is 1. The van der Waals surface area contributed by atoms with Gasteiger partial charge in [-0.15, -0.1) is 0 Å². The van der Waals surface area contributed by atoms with Crippen LogP contribution in [0.4, 0.5) is 10.5 Å². The van der Waals surface area contributed by atoms with Gasteiger partial charge in [0, 0.05) is 0 Å². The average molecular weight is 206 g/mol. The number of aryl methyl sites for hydroxylation is 1. The highest BCUT2D eigenvalue weighted by atomic mass is 16.3. The fraction of sp³-hybridized carbons (Fsp3) is 0.200. The van der Waals surface area contributed by atoms with Gasteiger partial charge in [0.1, 0.15) is 12.3 Å². The van der Waals surface area contributed by atoms with Crippen LogP contribution in [0, 0.1) is 6.92 Å². The Bertz CT molecular complexity index is 442. The summed E-state index contributed by atoms with van der Waals surface area (Å²) in [5.41, 5.74) is 1.27. The fourth-order valence-electron chi connectivity index (χ4n) is 1.49. The molecule has 0 atom stereocenters. The van der Waals surface area contributed by atoms with E-state index in [1.54, 1.807) is 12.1 Å². The number of carbonyl (C=O) groups is 2. The molecular weight excluding hydrogens is 196 g/mol. The Morgan fingerprint density at radius 3 is 2.73 bits per heavy atom. The van der Waals surface area contributed by atoms with Gasteiger partial charge in [0.15, 0.2) is 0 Å². The molecule has 3 amide bonds. The second-order valence-electron chi connectivity index (χ2n) is 3.43. The number of rotatable bonds is 1. The van der Waals surface area contributed by atoms with E-state index in [0.717, 1.165) is 5.56 Å².